The minimum atomic E-state index is 0.240. The first-order valence-electron chi connectivity index (χ1n) is 7.92. The number of nitrogens with zero attached hydrogens (tertiary/aromatic N) is 2. The predicted molar refractivity (Wildman–Crippen MR) is 109 cm³/mol. The smallest absolute Gasteiger partial charge is 0.190 e. The average Bonchev–Trinajstić information content (AvgIpc) is 2.65. The van der Waals surface area contributed by atoms with Gasteiger partial charge in [0.15, 0.2) is 5.11 Å². The molecule has 0 amide bonds. The van der Waals surface area contributed by atoms with Gasteiger partial charge < -0.3 is 5.73 Å². The Kier molecular flexibility index (Phi) is 3.91. The third-order valence-electron chi connectivity index (χ3n) is 4.01. The van der Waals surface area contributed by atoms with Gasteiger partial charge in [-0.15, -0.1) is 0 Å². The Bertz CT molecular complexity index is 1060. The Morgan fingerprint density at radius 2 is 1.60 bits per heavy atom. The lowest BCUT2D eigenvalue weighted by atomic mass is 10.1. The Hall–Kier alpha value is -3.18. The molecule has 1 heterocycles. The molecule has 122 valence electrons. The summed E-state index contributed by atoms with van der Waals surface area (Å²) in [5, 5.41) is 4.01. The quantitative estimate of drug-likeness (QED) is 0.326. The van der Waals surface area contributed by atoms with Gasteiger partial charge in [0.1, 0.15) is 0 Å². The summed E-state index contributed by atoms with van der Waals surface area (Å²) in [7, 11) is 0. The molecule has 0 saturated heterocycles. The SMILES string of the molecule is NC(=S)N(Nc1ccccc1)c1cccc2nc3ccccc3cc12. The topological polar surface area (TPSA) is 54.2 Å². The molecule has 3 aromatic carbocycles. The summed E-state index contributed by atoms with van der Waals surface area (Å²) in [6.07, 6.45) is 0. The minimum Gasteiger partial charge on any atom is -0.374 e. The second-order valence-electron chi connectivity index (χ2n) is 5.68. The third-order valence-corrected chi connectivity index (χ3v) is 4.20. The van der Waals surface area contributed by atoms with E-state index in [1.165, 1.54) is 0 Å². The van der Waals surface area contributed by atoms with E-state index in [9.17, 15) is 0 Å². The molecular weight excluding hydrogens is 328 g/mol. The number of pyridine rings is 1. The van der Waals surface area contributed by atoms with E-state index >= 15 is 0 Å². The van der Waals surface area contributed by atoms with E-state index in [2.05, 4.69) is 11.5 Å². The van der Waals surface area contributed by atoms with Gasteiger partial charge in [0.2, 0.25) is 0 Å². The van der Waals surface area contributed by atoms with Crippen LogP contribution in [0.2, 0.25) is 0 Å². The number of hydrazine groups is 1. The largest absolute Gasteiger partial charge is 0.374 e. The lowest BCUT2D eigenvalue weighted by Crippen LogP contribution is -2.40. The highest BCUT2D eigenvalue weighted by atomic mass is 32.1. The summed E-state index contributed by atoms with van der Waals surface area (Å²) in [5.74, 6) is 0. The van der Waals surface area contributed by atoms with Gasteiger partial charge >= 0.3 is 0 Å². The molecule has 0 bridgehead atoms. The van der Waals surface area contributed by atoms with Crippen molar-refractivity contribution in [1.82, 2.24) is 4.98 Å². The zero-order chi connectivity index (χ0) is 17.2. The van der Waals surface area contributed by atoms with Gasteiger partial charge in [-0.05, 0) is 48.6 Å². The minimum absolute atomic E-state index is 0.240. The number of nitrogens with one attached hydrogen (secondary N) is 1. The molecule has 0 spiro atoms. The van der Waals surface area contributed by atoms with Crippen LogP contribution in [0, 0.1) is 0 Å². The molecule has 25 heavy (non-hydrogen) atoms. The highest BCUT2D eigenvalue weighted by Gasteiger charge is 2.14. The van der Waals surface area contributed by atoms with Crippen molar-refractivity contribution >= 4 is 50.5 Å². The molecule has 0 radical (unpaired) electrons. The van der Waals surface area contributed by atoms with Gasteiger partial charge in [-0.1, -0.05) is 42.5 Å². The number of benzene rings is 3. The number of hydrogen-bond acceptors (Lipinski definition) is 3. The molecule has 0 aliphatic rings. The van der Waals surface area contributed by atoms with E-state index in [-0.39, 0.29) is 5.11 Å². The van der Waals surface area contributed by atoms with Crippen LogP contribution in [0.4, 0.5) is 11.4 Å². The number of fused-ring (bicyclic) bond motifs is 2. The lowest BCUT2D eigenvalue weighted by Gasteiger charge is -2.25. The Morgan fingerprint density at radius 1 is 0.880 bits per heavy atom. The zero-order valence-corrected chi connectivity index (χ0v) is 14.2. The first-order valence-corrected chi connectivity index (χ1v) is 8.33. The van der Waals surface area contributed by atoms with Gasteiger partial charge in [-0.25, -0.2) is 9.99 Å². The maximum Gasteiger partial charge on any atom is 0.190 e. The van der Waals surface area contributed by atoms with E-state index in [0.717, 1.165) is 33.2 Å². The summed E-state index contributed by atoms with van der Waals surface area (Å²) in [6, 6.07) is 25.9. The van der Waals surface area contributed by atoms with Gasteiger partial charge in [-0.2, -0.15) is 0 Å². The molecule has 0 unspecified atom stereocenters. The van der Waals surface area contributed by atoms with Crippen molar-refractivity contribution in [2.75, 3.05) is 10.4 Å². The Balaban J connectivity index is 1.88. The summed E-state index contributed by atoms with van der Waals surface area (Å²) >= 11 is 5.28. The summed E-state index contributed by atoms with van der Waals surface area (Å²) in [6.45, 7) is 0. The molecule has 0 fully saturated rings. The standard InChI is InChI=1S/C20H16N4S/c21-20(25)24(23-15-8-2-1-3-9-15)19-12-6-11-18-16(19)13-14-7-4-5-10-17(14)22-18/h1-13,23H,(H2,21,25). The van der Waals surface area contributed by atoms with Crippen LogP contribution in [-0.4, -0.2) is 10.1 Å². The van der Waals surface area contributed by atoms with Crippen LogP contribution in [0.5, 0.6) is 0 Å². The first-order chi connectivity index (χ1) is 12.2. The molecule has 4 aromatic rings. The molecule has 3 N–H and O–H groups in total. The highest BCUT2D eigenvalue weighted by Crippen LogP contribution is 2.29. The van der Waals surface area contributed by atoms with Gasteiger partial charge in [0, 0.05) is 10.8 Å². The summed E-state index contributed by atoms with van der Waals surface area (Å²) in [4.78, 5) is 4.75. The van der Waals surface area contributed by atoms with Crippen molar-refractivity contribution in [2.45, 2.75) is 0 Å². The molecule has 4 nitrogen and oxygen atoms in total. The molecule has 1 aromatic heterocycles. The van der Waals surface area contributed by atoms with E-state index in [0.29, 0.717) is 0 Å². The van der Waals surface area contributed by atoms with E-state index in [4.69, 9.17) is 22.9 Å². The van der Waals surface area contributed by atoms with E-state index < -0.39 is 0 Å². The fourth-order valence-electron chi connectivity index (χ4n) is 2.85. The molecule has 0 saturated carbocycles. The first kappa shape index (κ1) is 15.4. The van der Waals surface area contributed by atoms with Gasteiger partial charge in [0.25, 0.3) is 0 Å². The molecule has 0 aliphatic heterocycles. The van der Waals surface area contributed by atoms with Crippen molar-refractivity contribution < 1.29 is 0 Å². The van der Waals surface area contributed by atoms with Crippen LogP contribution in [0.3, 0.4) is 0 Å². The monoisotopic (exact) mass is 344 g/mol. The fourth-order valence-corrected chi connectivity index (χ4v) is 3.00. The van der Waals surface area contributed by atoms with Crippen molar-refractivity contribution in [1.29, 1.82) is 0 Å². The Morgan fingerprint density at radius 3 is 2.40 bits per heavy atom. The number of hydrogen-bond donors (Lipinski definition) is 2. The number of thiocarbonyl (C=S) groups is 1. The number of aromatic nitrogens is 1. The van der Waals surface area contributed by atoms with Crippen LogP contribution < -0.4 is 16.2 Å². The number of nitrogens with two attached hydrogens (primary N) is 1. The van der Waals surface area contributed by atoms with Crippen LogP contribution in [0.25, 0.3) is 21.8 Å². The second kappa shape index (κ2) is 6.37. The molecular formula is C20H16N4S. The van der Waals surface area contributed by atoms with Crippen molar-refractivity contribution in [3.05, 3.63) is 78.9 Å². The number of anilines is 2. The van der Waals surface area contributed by atoms with Crippen LogP contribution in [0.15, 0.2) is 78.9 Å². The lowest BCUT2D eigenvalue weighted by molar-refractivity contribution is 1.22. The molecule has 5 heteroatoms. The Labute approximate surface area is 150 Å². The van der Waals surface area contributed by atoms with Crippen LogP contribution in [-0.2, 0) is 0 Å². The van der Waals surface area contributed by atoms with Crippen molar-refractivity contribution in [3.63, 3.8) is 0 Å². The van der Waals surface area contributed by atoms with Gasteiger partial charge in [-0.3, -0.25) is 5.43 Å². The maximum atomic E-state index is 5.99. The zero-order valence-electron chi connectivity index (χ0n) is 13.4. The van der Waals surface area contributed by atoms with Crippen molar-refractivity contribution in [3.8, 4) is 0 Å². The molecule has 0 aliphatic carbocycles. The van der Waals surface area contributed by atoms with E-state index in [1.807, 2.05) is 72.8 Å². The predicted octanol–water partition coefficient (Wildman–Crippen LogP) is 4.47. The van der Waals surface area contributed by atoms with Gasteiger partial charge in [0.05, 0.1) is 22.4 Å². The van der Waals surface area contributed by atoms with Crippen LogP contribution in [0.1, 0.15) is 0 Å². The number of para-hydroxylation sites is 2. The fraction of sp³-hybridized carbons (Fsp3) is 0. The van der Waals surface area contributed by atoms with Crippen LogP contribution >= 0.6 is 12.2 Å². The third kappa shape index (κ3) is 2.97. The average molecular weight is 344 g/mol. The summed E-state index contributed by atoms with van der Waals surface area (Å²) < 4.78 is 0. The van der Waals surface area contributed by atoms with Crippen molar-refractivity contribution in [2.24, 2.45) is 5.73 Å². The number of rotatable bonds is 3. The summed E-state index contributed by atoms with van der Waals surface area (Å²) in [5.41, 5.74) is 12.9. The molecule has 0 atom stereocenters. The molecule has 4 rings (SSSR count). The second-order valence-corrected chi connectivity index (χ2v) is 6.09. The maximum absolute atomic E-state index is 5.99. The highest BCUT2D eigenvalue weighted by molar-refractivity contribution is 7.80. The van der Waals surface area contributed by atoms with E-state index in [1.54, 1.807) is 5.01 Å². The normalized spacial score (nSPS) is 10.7.